The standard InChI is InChI=1S/C11H19N2O15P3/c1-2-13-3-5(10(16)12-11(13)17)9-8(15)7(14)6(26-9)4-25-30(21,22)28-31(23,24)27-29(18,19)20/h3,6-9,14-15H,2,4H2,1H3,(H,21,22)(H,23,24)(H,12,16,17)(H2,18,19,20)/t6-,7+,8?,9+/m1/s1. The number of aromatic amines is 1. The third kappa shape index (κ3) is 6.97. The zero-order valence-corrected chi connectivity index (χ0v) is 18.1. The van der Waals surface area contributed by atoms with Gasteiger partial charge in [-0.2, -0.15) is 8.62 Å². The molecule has 0 spiro atoms. The van der Waals surface area contributed by atoms with Gasteiger partial charge in [-0.25, -0.2) is 18.5 Å². The van der Waals surface area contributed by atoms with Gasteiger partial charge in [-0.05, 0) is 6.92 Å². The first-order valence-corrected chi connectivity index (χ1v) is 12.7. The van der Waals surface area contributed by atoms with Crippen LogP contribution in [-0.4, -0.2) is 64.3 Å². The van der Waals surface area contributed by atoms with Gasteiger partial charge in [0, 0.05) is 12.7 Å². The molecule has 7 N–H and O–H groups in total. The van der Waals surface area contributed by atoms with Gasteiger partial charge in [0.2, 0.25) is 0 Å². The van der Waals surface area contributed by atoms with Gasteiger partial charge in [0.05, 0.1) is 12.2 Å². The number of nitrogens with one attached hydrogen (secondary N) is 1. The molecular weight excluding hydrogens is 493 g/mol. The maximum atomic E-state index is 12.0. The topological polar surface area (TPSA) is 264 Å². The Morgan fingerprint density at radius 2 is 1.68 bits per heavy atom. The Kier molecular flexibility index (Phi) is 7.99. The third-order valence-electron chi connectivity index (χ3n) is 3.87. The van der Waals surface area contributed by atoms with Crippen molar-refractivity contribution in [2.75, 3.05) is 6.61 Å². The number of ether oxygens (including phenoxy) is 1. The number of aliphatic hydroxyl groups excluding tert-OH is 2. The van der Waals surface area contributed by atoms with Gasteiger partial charge in [-0.3, -0.25) is 14.3 Å². The second-order valence-electron chi connectivity index (χ2n) is 6.09. The Hall–Kier alpha value is -1.03. The van der Waals surface area contributed by atoms with Crippen molar-refractivity contribution in [2.45, 2.75) is 37.9 Å². The number of phosphoric ester groups is 1. The molecule has 0 amide bonds. The van der Waals surface area contributed by atoms with Crippen molar-refractivity contribution in [3.05, 3.63) is 32.6 Å². The molecule has 17 nitrogen and oxygen atoms in total. The minimum Gasteiger partial charge on any atom is -0.387 e. The molecule has 1 aromatic heterocycles. The van der Waals surface area contributed by atoms with Crippen LogP contribution in [0.3, 0.4) is 0 Å². The number of aromatic nitrogens is 2. The highest BCUT2D eigenvalue weighted by Gasteiger charge is 2.47. The summed E-state index contributed by atoms with van der Waals surface area (Å²) in [4.78, 5) is 61.1. The highest BCUT2D eigenvalue weighted by Crippen LogP contribution is 2.66. The molecule has 20 heteroatoms. The second-order valence-corrected chi connectivity index (χ2v) is 10.5. The van der Waals surface area contributed by atoms with Crippen molar-refractivity contribution in [1.82, 2.24) is 9.55 Å². The highest BCUT2D eigenvalue weighted by atomic mass is 31.3. The quantitative estimate of drug-likeness (QED) is 0.177. The molecule has 178 valence electrons. The van der Waals surface area contributed by atoms with Crippen LogP contribution in [0.2, 0.25) is 0 Å². The van der Waals surface area contributed by atoms with E-state index in [-0.39, 0.29) is 12.1 Å². The Morgan fingerprint density at radius 3 is 2.23 bits per heavy atom. The van der Waals surface area contributed by atoms with Crippen molar-refractivity contribution < 1.29 is 61.4 Å². The van der Waals surface area contributed by atoms with Crippen molar-refractivity contribution >= 4 is 23.5 Å². The van der Waals surface area contributed by atoms with Crippen LogP contribution in [0.25, 0.3) is 0 Å². The van der Waals surface area contributed by atoms with Gasteiger partial charge in [-0.1, -0.05) is 0 Å². The minimum absolute atomic E-state index is 0.156. The number of phosphoric acid groups is 3. The number of hydrogen-bond donors (Lipinski definition) is 7. The van der Waals surface area contributed by atoms with E-state index >= 15 is 0 Å². The van der Waals surface area contributed by atoms with Gasteiger partial charge in [0.25, 0.3) is 5.56 Å². The molecule has 1 aromatic rings. The zero-order chi connectivity index (χ0) is 23.8. The van der Waals surface area contributed by atoms with Crippen LogP contribution in [0.15, 0.2) is 15.8 Å². The van der Waals surface area contributed by atoms with Crippen LogP contribution in [0.5, 0.6) is 0 Å². The molecule has 1 fully saturated rings. The number of rotatable bonds is 9. The van der Waals surface area contributed by atoms with E-state index in [0.717, 1.165) is 10.8 Å². The average molecular weight is 512 g/mol. The van der Waals surface area contributed by atoms with Gasteiger partial charge in [0.1, 0.15) is 24.4 Å². The minimum atomic E-state index is -5.74. The summed E-state index contributed by atoms with van der Waals surface area (Å²) in [7, 11) is -16.8. The van der Waals surface area contributed by atoms with Crippen LogP contribution < -0.4 is 11.2 Å². The Balaban J connectivity index is 2.12. The number of hydrogen-bond acceptors (Lipinski definition) is 11. The molecule has 31 heavy (non-hydrogen) atoms. The summed E-state index contributed by atoms with van der Waals surface area (Å²) in [5, 5.41) is 20.2. The maximum Gasteiger partial charge on any atom is 0.490 e. The molecule has 1 aliphatic heterocycles. The molecule has 2 rings (SSSR count). The number of aryl methyl sites for hydroxylation is 1. The largest absolute Gasteiger partial charge is 0.490 e. The van der Waals surface area contributed by atoms with E-state index in [9.17, 15) is 38.4 Å². The normalized spacial score (nSPS) is 28.2. The van der Waals surface area contributed by atoms with E-state index in [0.29, 0.717) is 0 Å². The first-order chi connectivity index (χ1) is 14.1. The molecule has 0 radical (unpaired) electrons. The van der Waals surface area contributed by atoms with Crippen molar-refractivity contribution in [1.29, 1.82) is 0 Å². The van der Waals surface area contributed by atoms with Crippen molar-refractivity contribution in [3.8, 4) is 0 Å². The maximum absolute atomic E-state index is 12.0. The highest BCUT2D eigenvalue weighted by molar-refractivity contribution is 7.66. The zero-order valence-electron chi connectivity index (χ0n) is 15.4. The van der Waals surface area contributed by atoms with Gasteiger partial charge in [-0.15, -0.1) is 0 Å². The fraction of sp³-hybridized carbons (Fsp3) is 0.636. The third-order valence-corrected chi connectivity index (χ3v) is 7.67. The summed E-state index contributed by atoms with van der Waals surface area (Å²) in [5.41, 5.74) is -1.89. The summed E-state index contributed by atoms with van der Waals surface area (Å²) >= 11 is 0. The van der Waals surface area contributed by atoms with Crippen LogP contribution >= 0.6 is 23.5 Å². The molecule has 0 aliphatic carbocycles. The lowest BCUT2D eigenvalue weighted by Crippen LogP contribution is -2.36. The van der Waals surface area contributed by atoms with E-state index in [1.54, 1.807) is 6.92 Å². The van der Waals surface area contributed by atoms with E-state index in [2.05, 4.69) is 13.1 Å². The predicted octanol–water partition coefficient (Wildman–Crippen LogP) is -1.94. The predicted molar refractivity (Wildman–Crippen MR) is 96.4 cm³/mol. The van der Waals surface area contributed by atoms with Crippen molar-refractivity contribution in [3.63, 3.8) is 0 Å². The first kappa shape index (κ1) is 26.2. The fourth-order valence-corrected chi connectivity index (χ4v) is 5.61. The Morgan fingerprint density at radius 1 is 1.06 bits per heavy atom. The Labute approximate surface area is 172 Å². The lowest BCUT2D eigenvalue weighted by molar-refractivity contribution is -0.0228. The van der Waals surface area contributed by atoms with Gasteiger partial charge < -0.3 is 39.1 Å². The molecule has 0 bridgehead atoms. The van der Waals surface area contributed by atoms with Crippen LogP contribution in [0, 0.1) is 0 Å². The second kappa shape index (κ2) is 9.45. The number of H-pyrrole nitrogens is 1. The van der Waals surface area contributed by atoms with Crippen molar-refractivity contribution in [2.24, 2.45) is 0 Å². The SMILES string of the molecule is CCn1cc([C@@H]2O[C@H](COP(=O)(O)OP(=O)(O)OP(=O)(O)O)[C@H](O)C2O)c(=O)[nH]c1=O. The molecule has 0 aromatic carbocycles. The van der Waals surface area contributed by atoms with E-state index < -0.39 is 65.7 Å². The summed E-state index contributed by atoms with van der Waals surface area (Å²) in [6.45, 7) is 0.711. The van der Waals surface area contributed by atoms with E-state index in [1.165, 1.54) is 0 Å². The van der Waals surface area contributed by atoms with E-state index in [4.69, 9.17) is 19.4 Å². The Bertz CT molecular complexity index is 1060. The molecule has 0 saturated carbocycles. The molecule has 3 unspecified atom stereocenters. The summed E-state index contributed by atoms with van der Waals surface area (Å²) in [6, 6.07) is 0. The smallest absolute Gasteiger partial charge is 0.387 e. The molecule has 6 atom stereocenters. The van der Waals surface area contributed by atoms with Crippen LogP contribution in [0.4, 0.5) is 0 Å². The molecule has 2 heterocycles. The van der Waals surface area contributed by atoms with Gasteiger partial charge in [0.15, 0.2) is 0 Å². The first-order valence-electron chi connectivity index (χ1n) is 8.19. The molecule has 1 aliphatic rings. The number of aliphatic hydroxyl groups is 2. The van der Waals surface area contributed by atoms with Gasteiger partial charge >= 0.3 is 29.2 Å². The lowest BCUT2D eigenvalue weighted by atomic mass is 10.0. The fourth-order valence-electron chi connectivity index (χ4n) is 2.58. The van der Waals surface area contributed by atoms with Crippen LogP contribution in [0.1, 0.15) is 18.6 Å². The number of nitrogens with zero attached hydrogens (tertiary/aromatic N) is 1. The van der Waals surface area contributed by atoms with E-state index in [1.807, 2.05) is 4.98 Å². The monoisotopic (exact) mass is 512 g/mol. The lowest BCUT2D eigenvalue weighted by Gasteiger charge is -2.19. The summed E-state index contributed by atoms with van der Waals surface area (Å²) in [6.07, 6.45) is -5.47. The van der Waals surface area contributed by atoms with Crippen LogP contribution in [-0.2, 0) is 38.1 Å². The molecule has 1 saturated heterocycles. The summed E-state index contributed by atoms with van der Waals surface area (Å²) < 4.78 is 51.4. The summed E-state index contributed by atoms with van der Waals surface area (Å²) in [5.74, 6) is 0. The average Bonchev–Trinajstić information content (AvgIpc) is 2.85. The molecular formula is C11H19N2O15P3.